The van der Waals surface area contributed by atoms with Crippen molar-refractivity contribution in [3.63, 3.8) is 0 Å². The van der Waals surface area contributed by atoms with Gasteiger partial charge in [-0.25, -0.2) is 0 Å². The first-order chi connectivity index (χ1) is 3.81. The third kappa shape index (κ3) is 8.54. The molecule has 3 heteroatoms. The van der Waals surface area contributed by atoms with Gasteiger partial charge in [0.25, 0.3) is 0 Å². The standard InChI is InChI=1S/C6H14ClN.ClH/c1-2-6(7)4-3-5-8;/h6H,2-5,8H2,1H3;1H. The van der Waals surface area contributed by atoms with E-state index in [2.05, 4.69) is 6.92 Å². The molecule has 0 aromatic rings. The smallest absolute Gasteiger partial charge is 0.0333 e. The van der Waals surface area contributed by atoms with E-state index in [0.29, 0.717) is 5.38 Å². The fourth-order valence-corrected chi connectivity index (χ4v) is 0.698. The SMILES string of the molecule is CCC(Cl)CCCN.Cl. The molecule has 0 radical (unpaired) electrons. The molecule has 0 heterocycles. The Morgan fingerprint density at radius 3 is 2.44 bits per heavy atom. The summed E-state index contributed by atoms with van der Waals surface area (Å²) in [4.78, 5) is 0. The van der Waals surface area contributed by atoms with Gasteiger partial charge in [-0.15, -0.1) is 24.0 Å². The molecule has 0 saturated carbocycles. The minimum atomic E-state index is 0. The molecule has 0 aliphatic rings. The lowest BCUT2D eigenvalue weighted by atomic mass is 10.2. The molecule has 0 saturated heterocycles. The summed E-state index contributed by atoms with van der Waals surface area (Å²) in [6.45, 7) is 2.86. The molecule has 9 heavy (non-hydrogen) atoms. The molecule has 58 valence electrons. The largest absolute Gasteiger partial charge is 0.330 e. The highest BCUT2D eigenvalue weighted by Gasteiger charge is 1.97. The Labute approximate surface area is 68.4 Å². The molecule has 0 bridgehead atoms. The van der Waals surface area contributed by atoms with E-state index in [4.69, 9.17) is 17.3 Å². The van der Waals surface area contributed by atoms with Gasteiger partial charge in [-0.2, -0.15) is 0 Å². The first kappa shape index (κ1) is 12.2. The number of alkyl halides is 1. The number of hydrogen-bond acceptors (Lipinski definition) is 1. The van der Waals surface area contributed by atoms with E-state index >= 15 is 0 Å². The van der Waals surface area contributed by atoms with Crippen LogP contribution in [0.1, 0.15) is 26.2 Å². The predicted octanol–water partition coefficient (Wildman–Crippen LogP) is 2.16. The molecule has 1 unspecified atom stereocenters. The number of rotatable bonds is 4. The van der Waals surface area contributed by atoms with Gasteiger partial charge in [0.05, 0.1) is 0 Å². The second kappa shape index (κ2) is 8.54. The maximum Gasteiger partial charge on any atom is 0.0333 e. The van der Waals surface area contributed by atoms with Crippen molar-refractivity contribution < 1.29 is 0 Å². The quantitative estimate of drug-likeness (QED) is 0.646. The maximum absolute atomic E-state index is 5.79. The Hall–Kier alpha value is 0.540. The normalized spacial score (nSPS) is 12.3. The zero-order chi connectivity index (χ0) is 6.41. The lowest BCUT2D eigenvalue weighted by molar-refractivity contribution is 0.682. The van der Waals surface area contributed by atoms with Crippen molar-refractivity contribution >= 4 is 24.0 Å². The molecule has 0 aromatic carbocycles. The van der Waals surface area contributed by atoms with Crippen LogP contribution in [0.5, 0.6) is 0 Å². The van der Waals surface area contributed by atoms with Gasteiger partial charge >= 0.3 is 0 Å². The molecular weight excluding hydrogens is 157 g/mol. The summed E-state index contributed by atoms with van der Waals surface area (Å²) in [5.41, 5.74) is 5.27. The van der Waals surface area contributed by atoms with Gasteiger partial charge in [0.2, 0.25) is 0 Å². The van der Waals surface area contributed by atoms with Crippen LogP contribution in [-0.2, 0) is 0 Å². The highest BCUT2D eigenvalue weighted by molar-refractivity contribution is 6.20. The monoisotopic (exact) mass is 171 g/mol. The highest BCUT2D eigenvalue weighted by atomic mass is 35.5. The summed E-state index contributed by atoms with van der Waals surface area (Å²) < 4.78 is 0. The highest BCUT2D eigenvalue weighted by Crippen LogP contribution is 2.07. The number of nitrogens with two attached hydrogens (primary N) is 1. The minimum Gasteiger partial charge on any atom is -0.330 e. The van der Waals surface area contributed by atoms with Crippen LogP contribution >= 0.6 is 24.0 Å². The number of hydrogen-bond donors (Lipinski definition) is 1. The second-order valence-corrected chi connectivity index (χ2v) is 2.55. The summed E-state index contributed by atoms with van der Waals surface area (Å²) in [6.07, 6.45) is 3.18. The Kier molecular flexibility index (Phi) is 11.6. The molecular formula is C6H15Cl2N. The van der Waals surface area contributed by atoms with Crippen molar-refractivity contribution in [1.82, 2.24) is 0 Å². The van der Waals surface area contributed by atoms with Gasteiger partial charge in [0.1, 0.15) is 0 Å². The molecule has 1 atom stereocenters. The summed E-state index contributed by atoms with van der Waals surface area (Å²) in [5.74, 6) is 0. The molecule has 0 aromatic heterocycles. The van der Waals surface area contributed by atoms with Gasteiger partial charge in [0, 0.05) is 5.38 Å². The van der Waals surface area contributed by atoms with Gasteiger partial charge in [-0.3, -0.25) is 0 Å². The molecule has 0 spiro atoms. The Morgan fingerprint density at radius 1 is 1.56 bits per heavy atom. The Balaban J connectivity index is 0. The second-order valence-electron chi connectivity index (χ2n) is 1.94. The third-order valence-electron chi connectivity index (χ3n) is 1.16. The lowest BCUT2D eigenvalue weighted by Gasteiger charge is -2.02. The van der Waals surface area contributed by atoms with Gasteiger partial charge < -0.3 is 5.73 Å². The maximum atomic E-state index is 5.79. The zero-order valence-electron chi connectivity index (χ0n) is 5.77. The Morgan fingerprint density at radius 2 is 2.11 bits per heavy atom. The van der Waals surface area contributed by atoms with E-state index in [1.54, 1.807) is 0 Å². The predicted molar refractivity (Wildman–Crippen MR) is 45.5 cm³/mol. The van der Waals surface area contributed by atoms with Crippen LogP contribution in [-0.4, -0.2) is 11.9 Å². The topological polar surface area (TPSA) is 26.0 Å². The molecule has 1 nitrogen and oxygen atoms in total. The van der Waals surface area contributed by atoms with Crippen molar-refractivity contribution in [3.05, 3.63) is 0 Å². The van der Waals surface area contributed by atoms with Crippen LogP contribution in [0.25, 0.3) is 0 Å². The lowest BCUT2D eigenvalue weighted by Crippen LogP contribution is -2.03. The molecule has 0 rings (SSSR count). The van der Waals surface area contributed by atoms with E-state index in [1.807, 2.05) is 0 Å². The van der Waals surface area contributed by atoms with Crippen LogP contribution in [0.2, 0.25) is 0 Å². The van der Waals surface area contributed by atoms with Crippen LogP contribution in [0.15, 0.2) is 0 Å². The molecule has 0 aliphatic carbocycles. The summed E-state index contributed by atoms with van der Waals surface area (Å²) in [7, 11) is 0. The first-order valence-electron chi connectivity index (χ1n) is 3.15. The zero-order valence-corrected chi connectivity index (χ0v) is 7.34. The fourth-order valence-electron chi connectivity index (χ4n) is 0.543. The Bertz CT molecular complexity index is 50.3. The van der Waals surface area contributed by atoms with Crippen molar-refractivity contribution in [2.45, 2.75) is 31.6 Å². The van der Waals surface area contributed by atoms with Crippen LogP contribution in [0.4, 0.5) is 0 Å². The third-order valence-corrected chi connectivity index (χ3v) is 1.69. The summed E-state index contributed by atoms with van der Waals surface area (Å²) in [6, 6.07) is 0. The van der Waals surface area contributed by atoms with E-state index < -0.39 is 0 Å². The van der Waals surface area contributed by atoms with Gasteiger partial charge in [-0.05, 0) is 25.8 Å². The van der Waals surface area contributed by atoms with E-state index in [0.717, 1.165) is 25.8 Å². The van der Waals surface area contributed by atoms with E-state index in [1.165, 1.54) is 0 Å². The fraction of sp³-hybridized carbons (Fsp3) is 1.00. The van der Waals surface area contributed by atoms with E-state index in [9.17, 15) is 0 Å². The van der Waals surface area contributed by atoms with Crippen LogP contribution < -0.4 is 5.73 Å². The van der Waals surface area contributed by atoms with Crippen molar-refractivity contribution in [2.75, 3.05) is 6.54 Å². The van der Waals surface area contributed by atoms with Crippen molar-refractivity contribution in [2.24, 2.45) is 5.73 Å². The van der Waals surface area contributed by atoms with Crippen LogP contribution in [0, 0.1) is 0 Å². The van der Waals surface area contributed by atoms with Crippen molar-refractivity contribution in [3.8, 4) is 0 Å². The number of halogens is 2. The molecule has 2 N–H and O–H groups in total. The average Bonchev–Trinajstić information content (AvgIpc) is 1.83. The summed E-state index contributed by atoms with van der Waals surface area (Å²) in [5, 5.41) is 0.346. The average molecular weight is 172 g/mol. The van der Waals surface area contributed by atoms with Crippen LogP contribution in [0.3, 0.4) is 0 Å². The molecule has 0 amide bonds. The van der Waals surface area contributed by atoms with Gasteiger partial charge in [0.15, 0.2) is 0 Å². The minimum absolute atomic E-state index is 0. The molecule has 0 aliphatic heterocycles. The van der Waals surface area contributed by atoms with E-state index in [-0.39, 0.29) is 12.4 Å². The summed E-state index contributed by atoms with van der Waals surface area (Å²) >= 11 is 5.79. The van der Waals surface area contributed by atoms with Gasteiger partial charge in [-0.1, -0.05) is 6.92 Å². The van der Waals surface area contributed by atoms with Crippen molar-refractivity contribution in [1.29, 1.82) is 0 Å². The first-order valence-corrected chi connectivity index (χ1v) is 3.59. The molecule has 0 fully saturated rings.